The summed E-state index contributed by atoms with van der Waals surface area (Å²) in [6, 6.07) is -2.76. The highest BCUT2D eigenvalue weighted by atomic mass is 32.2. The van der Waals surface area contributed by atoms with Crippen LogP contribution in [0.25, 0.3) is 0 Å². The second kappa shape index (κ2) is 12.7. The van der Waals surface area contributed by atoms with E-state index < -0.39 is 68.8 Å². The van der Waals surface area contributed by atoms with Crippen molar-refractivity contribution >= 4 is 56.4 Å². The minimum Gasteiger partial charge on any atom is -0.457 e. The highest BCUT2D eigenvalue weighted by Crippen LogP contribution is 2.26. The lowest BCUT2D eigenvalue weighted by molar-refractivity contribution is -0.179. The number of aryl methyl sites for hydroxylation is 1. The van der Waals surface area contributed by atoms with Crippen LogP contribution in [0.2, 0.25) is 0 Å². The van der Waals surface area contributed by atoms with Crippen LogP contribution in [0.15, 0.2) is 16.9 Å². The number of thiazole rings is 1. The first-order valence-electron chi connectivity index (χ1n) is 13.4. The van der Waals surface area contributed by atoms with E-state index in [9.17, 15) is 32.1 Å². The van der Waals surface area contributed by atoms with Gasteiger partial charge in [-0.2, -0.15) is 13.5 Å². The Morgan fingerprint density at radius 1 is 1.09 bits per heavy atom. The molecule has 45 heavy (non-hydrogen) atoms. The predicted molar refractivity (Wildman–Crippen MR) is 158 cm³/mol. The van der Waals surface area contributed by atoms with Crippen LogP contribution in [0.5, 0.6) is 0 Å². The Labute approximate surface area is 263 Å². The number of aromatic nitrogens is 4. The number of nitrogens with one attached hydrogen (secondary N) is 2. The molecule has 3 rings (SSSR count). The molecule has 0 radical (unpaired) electrons. The van der Waals surface area contributed by atoms with Crippen LogP contribution >= 0.6 is 11.3 Å². The molecule has 3 heterocycles. The number of carbonyl (C=O) groups is 4. The van der Waals surface area contributed by atoms with Crippen LogP contribution in [0.3, 0.4) is 0 Å². The van der Waals surface area contributed by atoms with Crippen molar-refractivity contribution in [1.82, 2.24) is 29.4 Å². The van der Waals surface area contributed by atoms with Crippen molar-refractivity contribution in [3.63, 3.8) is 0 Å². The minimum atomic E-state index is -4.99. The topological polar surface area (TPSA) is 234 Å². The number of carbonyl (C=O) groups excluding carboxylic acids is 4. The van der Waals surface area contributed by atoms with Gasteiger partial charge in [0.15, 0.2) is 10.8 Å². The maximum absolute atomic E-state index is 13.6. The number of esters is 1. The zero-order valence-corrected chi connectivity index (χ0v) is 27.8. The lowest BCUT2D eigenvalue weighted by Crippen LogP contribution is -2.73. The average molecular weight is 673 g/mol. The number of hydrogen-bond acceptors (Lipinski definition) is 14. The van der Waals surface area contributed by atoms with E-state index in [4.69, 9.17) is 14.3 Å². The monoisotopic (exact) mass is 672 g/mol. The molecule has 248 valence electrons. The summed E-state index contributed by atoms with van der Waals surface area (Å²) in [6.07, 6.45) is 0.470. The fourth-order valence-electron chi connectivity index (χ4n) is 3.65. The van der Waals surface area contributed by atoms with Crippen LogP contribution in [0.4, 0.5) is 9.93 Å². The van der Waals surface area contributed by atoms with Gasteiger partial charge in [0.1, 0.15) is 35.1 Å². The Kier molecular flexibility index (Phi) is 9.95. The summed E-state index contributed by atoms with van der Waals surface area (Å²) in [7, 11) is -4.99. The number of amides is 3. The summed E-state index contributed by atoms with van der Waals surface area (Å²) >= 11 is 0.908. The normalized spacial score (nSPS) is 17.8. The number of anilines is 1. The zero-order valence-electron chi connectivity index (χ0n) is 26.1. The third-order valence-corrected chi connectivity index (χ3v) is 7.26. The van der Waals surface area contributed by atoms with Gasteiger partial charge in [0.2, 0.25) is 5.60 Å². The largest absolute Gasteiger partial charge is 0.457 e. The number of oxime groups is 1. The number of nitrogens with zero attached hydrogens (tertiary/aromatic N) is 6. The number of ether oxygens (including phenoxy) is 2. The molecule has 1 aliphatic rings. The van der Waals surface area contributed by atoms with E-state index in [1.165, 1.54) is 30.2 Å². The zero-order chi connectivity index (χ0) is 34.1. The minimum absolute atomic E-state index is 0.0165. The molecule has 2 aromatic rings. The lowest BCUT2D eigenvalue weighted by Gasteiger charge is -2.43. The third kappa shape index (κ3) is 9.41. The standard InChI is InChI=1S/C25H36N8O10S2/c1-13-26-12-32(30-13)10-15-17(19(35)33(15)45(38,39)40)28-18(34)16(31-43-25(8,9)20(36)41-23(2,3)4)14-11-44-21(27-14)29-22(37)42-24(5,6)7/h11-12,15,17H,10H2,1-9H3,(H,28,34)(H,27,29,37)(H,38,39,40)/b31-16-/t15-,17+/m1/s1. The van der Waals surface area contributed by atoms with Crippen molar-refractivity contribution in [3.05, 3.63) is 23.2 Å². The van der Waals surface area contributed by atoms with Crippen molar-refractivity contribution in [1.29, 1.82) is 0 Å². The maximum Gasteiger partial charge on any atom is 0.413 e. The molecule has 0 unspecified atom stereocenters. The van der Waals surface area contributed by atoms with Gasteiger partial charge < -0.3 is 19.6 Å². The molecule has 1 saturated heterocycles. The summed E-state index contributed by atoms with van der Waals surface area (Å²) in [6.45, 7) is 14.0. The Bertz CT molecular complexity index is 1600. The number of rotatable bonds is 10. The molecule has 0 spiro atoms. The van der Waals surface area contributed by atoms with Gasteiger partial charge in [0.05, 0.1) is 12.6 Å². The quantitative estimate of drug-likeness (QED) is 0.107. The van der Waals surface area contributed by atoms with Gasteiger partial charge in [-0.3, -0.25) is 24.1 Å². The van der Waals surface area contributed by atoms with E-state index in [-0.39, 0.29) is 21.7 Å². The van der Waals surface area contributed by atoms with Crippen LogP contribution in [0, 0.1) is 6.92 Å². The Balaban J connectivity index is 1.93. The second-order valence-electron chi connectivity index (χ2n) is 12.4. The molecule has 0 bridgehead atoms. The summed E-state index contributed by atoms with van der Waals surface area (Å²) in [4.78, 5) is 64.9. The summed E-state index contributed by atoms with van der Waals surface area (Å²) in [5.74, 6) is -2.63. The fraction of sp³-hybridized carbons (Fsp3) is 0.600. The van der Waals surface area contributed by atoms with Gasteiger partial charge in [-0.15, -0.1) is 11.3 Å². The van der Waals surface area contributed by atoms with Crippen molar-refractivity contribution in [2.45, 2.75) is 97.7 Å². The van der Waals surface area contributed by atoms with Crippen molar-refractivity contribution in [3.8, 4) is 0 Å². The summed E-state index contributed by atoms with van der Waals surface area (Å²) < 4.78 is 45.5. The van der Waals surface area contributed by atoms with Crippen LogP contribution < -0.4 is 10.6 Å². The number of hydrogen-bond donors (Lipinski definition) is 3. The molecule has 3 amide bonds. The molecule has 1 fully saturated rings. The smallest absolute Gasteiger partial charge is 0.413 e. The van der Waals surface area contributed by atoms with E-state index in [0.29, 0.717) is 5.82 Å². The Hall–Kier alpha value is -4.17. The van der Waals surface area contributed by atoms with Gasteiger partial charge in [-0.25, -0.2) is 23.9 Å². The van der Waals surface area contributed by atoms with Crippen molar-refractivity contribution < 1.29 is 46.5 Å². The SMILES string of the molecule is Cc1ncn(C[C@@H]2[C@H](NC(=O)/C(=N\OC(C)(C)C(=O)OC(C)(C)C)c3csc(NC(=O)OC(C)(C)C)n3)C(=O)N2S(=O)(=O)O)n1. The first kappa shape index (κ1) is 35.3. The van der Waals surface area contributed by atoms with Gasteiger partial charge in [-0.05, 0) is 62.3 Å². The molecule has 2 atom stereocenters. The van der Waals surface area contributed by atoms with E-state index in [1.807, 2.05) is 0 Å². The highest BCUT2D eigenvalue weighted by molar-refractivity contribution is 7.84. The molecule has 1 aliphatic heterocycles. The highest BCUT2D eigenvalue weighted by Gasteiger charge is 2.54. The molecule has 3 N–H and O–H groups in total. The van der Waals surface area contributed by atoms with Gasteiger partial charge in [0, 0.05) is 5.38 Å². The maximum atomic E-state index is 13.6. The first-order chi connectivity index (χ1) is 20.5. The van der Waals surface area contributed by atoms with Crippen LogP contribution in [0.1, 0.15) is 66.9 Å². The lowest BCUT2D eigenvalue weighted by atomic mass is 9.98. The predicted octanol–water partition coefficient (Wildman–Crippen LogP) is 1.43. The second-order valence-corrected chi connectivity index (χ2v) is 14.5. The summed E-state index contributed by atoms with van der Waals surface area (Å²) in [5, 5.41) is 14.1. The van der Waals surface area contributed by atoms with Crippen molar-refractivity contribution in [2.24, 2.45) is 5.16 Å². The molecule has 20 heteroatoms. The summed E-state index contributed by atoms with van der Waals surface area (Å²) in [5.41, 5.74) is -4.03. The molecular weight excluding hydrogens is 636 g/mol. The molecule has 0 saturated carbocycles. The fourth-order valence-corrected chi connectivity index (χ4v) is 5.20. The van der Waals surface area contributed by atoms with Crippen LogP contribution in [-0.4, -0.2) is 95.5 Å². The first-order valence-corrected chi connectivity index (χ1v) is 15.7. The van der Waals surface area contributed by atoms with Gasteiger partial charge in [0.25, 0.3) is 11.8 Å². The molecule has 0 aliphatic carbocycles. The number of β-lactam (4-membered cyclic amide) rings is 1. The van der Waals surface area contributed by atoms with E-state index in [1.54, 1.807) is 48.5 Å². The van der Waals surface area contributed by atoms with Crippen LogP contribution in [-0.2, 0) is 45.5 Å². The van der Waals surface area contributed by atoms with Gasteiger partial charge in [-0.1, -0.05) is 5.16 Å². The molecule has 18 nitrogen and oxygen atoms in total. The van der Waals surface area contributed by atoms with Crippen molar-refractivity contribution in [2.75, 3.05) is 5.32 Å². The molecule has 0 aromatic carbocycles. The molecular formula is C25H36N8O10S2. The molecule has 2 aromatic heterocycles. The Morgan fingerprint density at radius 3 is 2.24 bits per heavy atom. The van der Waals surface area contributed by atoms with E-state index in [0.717, 1.165) is 11.3 Å². The average Bonchev–Trinajstić information content (AvgIpc) is 3.47. The Morgan fingerprint density at radius 2 is 1.71 bits per heavy atom. The van der Waals surface area contributed by atoms with E-state index in [2.05, 4.69) is 30.9 Å². The van der Waals surface area contributed by atoms with Gasteiger partial charge >= 0.3 is 22.4 Å². The third-order valence-electron chi connectivity index (χ3n) is 5.55. The van der Waals surface area contributed by atoms with E-state index >= 15 is 0 Å².